The van der Waals surface area contributed by atoms with E-state index >= 15 is 0 Å². The molecular weight excluding hydrogens is 314 g/mol. The first-order chi connectivity index (χ1) is 11.4. The molecule has 0 aromatic heterocycles. The summed E-state index contributed by atoms with van der Waals surface area (Å²) >= 11 is 0. The number of nitrogens with one attached hydrogen (secondary N) is 2. The lowest BCUT2D eigenvalue weighted by Gasteiger charge is -2.11. The number of nitrogens with zero attached hydrogens (tertiary/aromatic N) is 1. The Morgan fingerprint density at radius 3 is 2.58 bits per heavy atom. The van der Waals surface area contributed by atoms with Gasteiger partial charge in [-0.05, 0) is 44.0 Å². The molecule has 0 radical (unpaired) electrons. The summed E-state index contributed by atoms with van der Waals surface area (Å²) < 4.78 is 5.19. The second-order valence-electron chi connectivity index (χ2n) is 4.96. The van der Waals surface area contributed by atoms with E-state index in [0.29, 0.717) is 18.6 Å². The van der Waals surface area contributed by atoms with E-state index in [0.717, 1.165) is 0 Å². The Labute approximate surface area is 139 Å². The van der Waals surface area contributed by atoms with Crippen LogP contribution >= 0.6 is 0 Å². The first-order valence-electron chi connectivity index (χ1n) is 7.51. The van der Waals surface area contributed by atoms with E-state index in [4.69, 9.17) is 4.74 Å². The maximum Gasteiger partial charge on any atom is 0.329 e. The second kappa shape index (κ2) is 9.29. The molecule has 2 amide bonds. The molecule has 1 aromatic rings. The Morgan fingerprint density at radius 2 is 2.00 bits per heavy atom. The van der Waals surface area contributed by atoms with Crippen LogP contribution in [0, 0.1) is 0 Å². The summed E-state index contributed by atoms with van der Waals surface area (Å²) in [6.45, 7) is 5.70. The van der Waals surface area contributed by atoms with Gasteiger partial charge in [0, 0.05) is 11.6 Å². The summed E-state index contributed by atoms with van der Waals surface area (Å²) in [5, 5.41) is 17.2. The lowest BCUT2D eigenvalue weighted by atomic mass is 10.1. The predicted molar refractivity (Wildman–Crippen MR) is 85.6 cm³/mol. The van der Waals surface area contributed by atoms with Crippen molar-refractivity contribution >= 4 is 24.0 Å². The van der Waals surface area contributed by atoms with E-state index in [9.17, 15) is 19.5 Å². The summed E-state index contributed by atoms with van der Waals surface area (Å²) in [6, 6.07) is 4.21. The molecule has 0 aliphatic rings. The van der Waals surface area contributed by atoms with Crippen molar-refractivity contribution in [3.05, 3.63) is 29.3 Å². The number of ether oxygens (including phenoxy) is 1. The number of amides is 2. The van der Waals surface area contributed by atoms with Gasteiger partial charge in [-0.25, -0.2) is 5.43 Å². The fraction of sp³-hybridized carbons (Fsp3) is 0.375. The highest BCUT2D eigenvalue weighted by atomic mass is 16.5. The fourth-order valence-corrected chi connectivity index (χ4v) is 1.68. The first kappa shape index (κ1) is 19.1. The van der Waals surface area contributed by atoms with Crippen LogP contribution in [0.5, 0.6) is 5.75 Å². The van der Waals surface area contributed by atoms with Gasteiger partial charge in [0.2, 0.25) is 0 Å². The largest absolute Gasteiger partial charge is 0.545 e. The summed E-state index contributed by atoms with van der Waals surface area (Å²) in [5.74, 6) is -2.89. The zero-order valence-corrected chi connectivity index (χ0v) is 13.8. The molecule has 0 saturated heterocycles. The number of carbonyl (C=O) groups is 3. The molecule has 8 nitrogen and oxygen atoms in total. The molecule has 1 aromatic carbocycles. The molecule has 8 heteroatoms. The van der Waals surface area contributed by atoms with Crippen LogP contribution in [0.2, 0.25) is 0 Å². The van der Waals surface area contributed by atoms with Crippen LogP contribution in [0.4, 0.5) is 0 Å². The predicted octanol–water partition coefficient (Wildman–Crippen LogP) is -0.186. The van der Waals surface area contributed by atoms with Gasteiger partial charge >= 0.3 is 11.8 Å². The molecule has 2 N–H and O–H groups in total. The smallest absolute Gasteiger partial charge is 0.329 e. The number of hydrazone groups is 1. The van der Waals surface area contributed by atoms with Crippen LogP contribution < -0.4 is 20.6 Å². The summed E-state index contributed by atoms with van der Waals surface area (Å²) in [6.07, 6.45) is 1.91. The quantitative estimate of drug-likeness (QED) is 0.407. The number of carboxylic acids is 1. The molecule has 0 aliphatic carbocycles. The number of benzene rings is 1. The van der Waals surface area contributed by atoms with Crippen molar-refractivity contribution in [1.29, 1.82) is 0 Å². The third-order valence-electron chi connectivity index (χ3n) is 3.10. The normalized spacial score (nSPS) is 11.8. The Kier molecular flexibility index (Phi) is 7.41. The number of carbonyl (C=O) groups excluding carboxylic acids is 3. The van der Waals surface area contributed by atoms with E-state index in [-0.39, 0.29) is 17.4 Å². The molecule has 0 saturated carbocycles. The Morgan fingerprint density at radius 1 is 1.29 bits per heavy atom. The first-order valence-corrected chi connectivity index (χ1v) is 7.51. The van der Waals surface area contributed by atoms with Crippen molar-refractivity contribution in [1.82, 2.24) is 10.7 Å². The highest BCUT2D eigenvalue weighted by Crippen LogP contribution is 2.18. The third-order valence-corrected chi connectivity index (χ3v) is 3.10. The highest BCUT2D eigenvalue weighted by Gasteiger charge is 2.14. The molecule has 0 aliphatic heterocycles. The van der Waals surface area contributed by atoms with E-state index in [1.807, 2.05) is 6.92 Å². The molecule has 24 heavy (non-hydrogen) atoms. The molecule has 0 spiro atoms. The lowest BCUT2D eigenvalue weighted by Crippen LogP contribution is -2.41. The summed E-state index contributed by atoms with van der Waals surface area (Å²) in [4.78, 5) is 34.1. The van der Waals surface area contributed by atoms with Gasteiger partial charge in [0.15, 0.2) is 0 Å². The van der Waals surface area contributed by atoms with E-state index in [2.05, 4.69) is 15.8 Å². The molecule has 1 rings (SSSR count). The number of hydrogen-bond acceptors (Lipinski definition) is 6. The van der Waals surface area contributed by atoms with Crippen molar-refractivity contribution in [2.24, 2.45) is 5.10 Å². The average Bonchev–Trinajstić information content (AvgIpc) is 2.55. The number of hydrogen-bond donors (Lipinski definition) is 2. The van der Waals surface area contributed by atoms with Crippen molar-refractivity contribution in [3.63, 3.8) is 0 Å². The molecule has 130 valence electrons. The molecule has 0 bridgehead atoms. The minimum Gasteiger partial charge on any atom is -0.545 e. The van der Waals surface area contributed by atoms with E-state index < -0.39 is 17.8 Å². The van der Waals surface area contributed by atoms with Gasteiger partial charge in [0.25, 0.3) is 0 Å². The second-order valence-corrected chi connectivity index (χ2v) is 4.96. The van der Waals surface area contributed by atoms with Crippen molar-refractivity contribution in [3.8, 4) is 5.75 Å². The number of carboxylic acid groups (broad SMARTS) is 1. The molecule has 0 heterocycles. The maximum absolute atomic E-state index is 11.5. The minimum absolute atomic E-state index is 0.121. The zero-order valence-electron chi connectivity index (χ0n) is 13.8. The number of aromatic carboxylic acids is 1. The van der Waals surface area contributed by atoms with Crippen LogP contribution in [0.1, 0.15) is 43.1 Å². The maximum atomic E-state index is 11.5. The zero-order chi connectivity index (χ0) is 18.1. The Balaban J connectivity index is 2.73. The van der Waals surface area contributed by atoms with Crippen molar-refractivity contribution in [2.45, 2.75) is 33.2 Å². The SMILES string of the molecule is CCOc1ccc(/C=N\NC(=O)C(=O)N[C@H](C)CC)cc1C(=O)[O-]. The third kappa shape index (κ3) is 5.71. The van der Waals surface area contributed by atoms with Gasteiger partial charge in [-0.2, -0.15) is 5.10 Å². The van der Waals surface area contributed by atoms with Crippen LogP contribution in [-0.4, -0.2) is 36.6 Å². The fourth-order valence-electron chi connectivity index (χ4n) is 1.68. The summed E-state index contributed by atoms with van der Waals surface area (Å²) in [7, 11) is 0. The molecular formula is C16H20N3O5-. The van der Waals surface area contributed by atoms with Gasteiger partial charge in [-0.3, -0.25) is 9.59 Å². The van der Waals surface area contributed by atoms with Gasteiger partial charge in [-0.1, -0.05) is 6.92 Å². The van der Waals surface area contributed by atoms with Crippen LogP contribution in [0.3, 0.4) is 0 Å². The Bertz CT molecular complexity index is 643. The van der Waals surface area contributed by atoms with Gasteiger partial charge in [-0.15, -0.1) is 0 Å². The Hall–Kier alpha value is -2.90. The average molecular weight is 334 g/mol. The van der Waals surface area contributed by atoms with Crippen LogP contribution in [0.25, 0.3) is 0 Å². The molecule has 0 unspecified atom stereocenters. The molecule has 1 atom stereocenters. The lowest BCUT2D eigenvalue weighted by molar-refractivity contribution is -0.255. The summed E-state index contributed by atoms with van der Waals surface area (Å²) in [5.41, 5.74) is 2.35. The van der Waals surface area contributed by atoms with Crippen LogP contribution in [0.15, 0.2) is 23.3 Å². The minimum atomic E-state index is -1.38. The topological polar surface area (TPSA) is 120 Å². The van der Waals surface area contributed by atoms with Crippen molar-refractivity contribution in [2.75, 3.05) is 6.61 Å². The van der Waals surface area contributed by atoms with Crippen LogP contribution in [-0.2, 0) is 9.59 Å². The van der Waals surface area contributed by atoms with E-state index in [1.54, 1.807) is 19.9 Å². The van der Waals surface area contributed by atoms with E-state index in [1.165, 1.54) is 18.3 Å². The van der Waals surface area contributed by atoms with Crippen molar-refractivity contribution < 1.29 is 24.2 Å². The van der Waals surface area contributed by atoms with Gasteiger partial charge in [0.1, 0.15) is 5.75 Å². The monoisotopic (exact) mass is 334 g/mol. The number of rotatable bonds is 7. The molecule has 0 fully saturated rings. The van der Waals surface area contributed by atoms with Gasteiger partial charge in [0.05, 0.1) is 18.8 Å². The standard InChI is InChI=1S/C16H21N3O5/c1-4-10(3)18-14(20)15(21)19-17-9-11-6-7-13(24-5-2)12(8-11)16(22)23/h6-10H,4-5H2,1-3H3,(H,18,20)(H,19,21)(H,22,23)/p-1/b17-9-/t10-/m1/s1. The van der Waals surface area contributed by atoms with Gasteiger partial charge < -0.3 is 20.0 Å². The highest BCUT2D eigenvalue weighted by molar-refractivity contribution is 6.35.